The molecule has 1 N–H and O–H groups in total. The van der Waals surface area contributed by atoms with E-state index in [4.69, 9.17) is 5.11 Å². The van der Waals surface area contributed by atoms with E-state index in [1.54, 1.807) is 12.1 Å². The van der Waals surface area contributed by atoms with Crippen LogP contribution in [-0.4, -0.2) is 29.7 Å². The Balaban J connectivity index is 2.15. The summed E-state index contributed by atoms with van der Waals surface area (Å²) in [6, 6.07) is 4.86. The van der Waals surface area contributed by atoms with Crippen molar-refractivity contribution in [2.45, 2.75) is 0 Å². The number of aliphatic hydroxyl groups excluding tert-OH is 1. The van der Waals surface area contributed by atoms with Crippen LogP contribution in [0.25, 0.3) is 0 Å². The summed E-state index contributed by atoms with van der Waals surface area (Å²) in [5, 5.41) is 19.5. The third-order valence-corrected chi connectivity index (χ3v) is 3.56. The first kappa shape index (κ1) is 11.6. The predicted octanol–water partition coefficient (Wildman–Crippen LogP) is 1.63. The van der Waals surface area contributed by atoms with Gasteiger partial charge in [-0.05, 0) is 28.7 Å². The molecule has 1 aromatic carbocycles. The molecule has 0 aromatic heterocycles. The number of hydrogen-bond acceptors (Lipinski definition) is 4. The van der Waals surface area contributed by atoms with Crippen molar-refractivity contribution in [2.24, 2.45) is 5.92 Å². The smallest absolute Gasteiger partial charge is 0.270 e. The normalized spacial score (nSPS) is 16.0. The lowest BCUT2D eigenvalue weighted by Crippen LogP contribution is -2.48. The summed E-state index contributed by atoms with van der Waals surface area (Å²) in [5.74, 6) is 0.339. The Kier molecular flexibility index (Phi) is 3.29. The molecule has 1 aromatic rings. The topological polar surface area (TPSA) is 66.6 Å². The highest BCUT2D eigenvalue weighted by Gasteiger charge is 2.27. The lowest BCUT2D eigenvalue weighted by atomic mass is 10.0. The lowest BCUT2D eigenvalue weighted by molar-refractivity contribution is -0.384. The quantitative estimate of drug-likeness (QED) is 0.518. The van der Waals surface area contributed by atoms with Gasteiger partial charge in [0.1, 0.15) is 0 Å². The number of aliphatic hydroxyl groups is 1. The number of anilines is 1. The molecule has 0 spiro atoms. The van der Waals surface area contributed by atoms with E-state index in [0.29, 0.717) is 5.92 Å². The number of nitrogens with zero attached hydrogens (tertiary/aromatic N) is 2. The van der Waals surface area contributed by atoms with Gasteiger partial charge < -0.3 is 10.0 Å². The highest BCUT2D eigenvalue weighted by Crippen LogP contribution is 2.31. The minimum atomic E-state index is -0.390. The number of benzene rings is 1. The molecular weight excluding hydrogens is 323 g/mol. The van der Waals surface area contributed by atoms with E-state index in [1.807, 2.05) is 0 Å². The standard InChI is InChI=1S/C10H11IN2O3/c11-9-3-8(13(15)16)1-2-10(9)12-4-7(5-12)6-14/h1-3,7,14H,4-6H2. The summed E-state index contributed by atoms with van der Waals surface area (Å²) in [5.41, 5.74) is 1.13. The van der Waals surface area contributed by atoms with E-state index in [-0.39, 0.29) is 12.3 Å². The molecule has 1 aliphatic heterocycles. The fraction of sp³-hybridized carbons (Fsp3) is 0.400. The first-order valence-corrected chi connectivity index (χ1v) is 5.99. The minimum absolute atomic E-state index is 0.118. The number of rotatable bonds is 3. The third-order valence-electron chi connectivity index (χ3n) is 2.70. The van der Waals surface area contributed by atoms with Gasteiger partial charge in [-0.25, -0.2) is 0 Å². The Labute approximate surface area is 106 Å². The van der Waals surface area contributed by atoms with Crippen LogP contribution in [0.4, 0.5) is 11.4 Å². The molecule has 0 bridgehead atoms. The zero-order valence-electron chi connectivity index (χ0n) is 8.47. The molecule has 0 amide bonds. The summed E-state index contributed by atoms with van der Waals surface area (Å²) >= 11 is 2.10. The Hall–Kier alpha value is -0.890. The summed E-state index contributed by atoms with van der Waals surface area (Å²) < 4.78 is 0.878. The molecule has 1 heterocycles. The van der Waals surface area contributed by atoms with Crippen LogP contribution in [0.3, 0.4) is 0 Å². The van der Waals surface area contributed by atoms with Gasteiger partial charge >= 0.3 is 0 Å². The molecule has 2 rings (SSSR count). The van der Waals surface area contributed by atoms with E-state index in [1.165, 1.54) is 6.07 Å². The van der Waals surface area contributed by atoms with Gasteiger partial charge in [0.05, 0.1) is 10.6 Å². The first-order chi connectivity index (χ1) is 7.61. The van der Waals surface area contributed by atoms with Crippen LogP contribution in [0.1, 0.15) is 0 Å². The number of hydrogen-bond donors (Lipinski definition) is 1. The molecule has 0 radical (unpaired) electrons. The summed E-state index contributed by atoms with van der Waals surface area (Å²) in [4.78, 5) is 12.3. The monoisotopic (exact) mass is 334 g/mol. The zero-order chi connectivity index (χ0) is 11.7. The van der Waals surface area contributed by atoms with Gasteiger partial charge in [0, 0.05) is 41.3 Å². The maximum absolute atomic E-state index is 10.6. The Morgan fingerprint density at radius 1 is 1.56 bits per heavy atom. The van der Waals surface area contributed by atoms with Crippen molar-refractivity contribution >= 4 is 34.0 Å². The van der Waals surface area contributed by atoms with Gasteiger partial charge in [-0.2, -0.15) is 0 Å². The molecular formula is C10H11IN2O3. The van der Waals surface area contributed by atoms with Crippen molar-refractivity contribution < 1.29 is 10.0 Å². The average molecular weight is 334 g/mol. The number of nitro groups is 1. The minimum Gasteiger partial charge on any atom is -0.396 e. The highest BCUT2D eigenvalue weighted by atomic mass is 127. The van der Waals surface area contributed by atoms with Crippen molar-refractivity contribution in [1.82, 2.24) is 0 Å². The second kappa shape index (κ2) is 4.54. The SMILES string of the molecule is O=[N+]([O-])c1ccc(N2CC(CO)C2)c(I)c1. The van der Waals surface area contributed by atoms with Crippen molar-refractivity contribution in [3.05, 3.63) is 31.9 Å². The van der Waals surface area contributed by atoms with Gasteiger partial charge in [0.15, 0.2) is 0 Å². The number of non-ortho nitro benzene ring substituents is 1. The van der Waals surface area contributed by atoms with Gasteiger partial charge in [-0.15, -0.1) is 0 Å². The molecule has 1 aliphatic rings. The summed E-state index contributed by atoms with van der Waals surface area (Å²) in [6.45, 7) is 1.86. The second-order valence-electron chi connectivity index (χ2n) is 3.85. The fourth-order valence-corrected chi connectivity index (χ4v) is 2.59. The van der Waals surface area contributed by atoms with Crippen LogP contribution in [0.2, 0.25) is 0 Å². The maximum atomic E-state index is 10.6. The number of halogens is 1. The van der Waals surface area contributed by atoms with E-state index >= 15 is 0 Å². The molecule has 6 heteroatoms. The molecule has 1 fully saturated rings. The lowest BCUT2D eigenvalue weighted by Gasteiger charge is -2.40. The van der Waals surface area contributed by atoms with E-state index in [9.17, 15) is 10.1 Å². The molecule has 0 unspecified atom stereocenters. The molecule has 0 atom stereocenters. The fourth-order valence-electron chi connectivity index (χ4n) is 1.75. The van der Waals surface area contributed by atoms with Crippen LogP contribution in [0.5, 0.6) is 0 Å². The first-order valence-electron chi connectivity index (χ1n) is 4.91. The van der Waals surface area contributed by atoms with Crippen LogP contribution < -0.4 is 4.90 Å². The van der Waals surface area contributed by atoms with E-state index in [0.717, 1.165) is 22.3 Å². The Morgan fingerprint density at radius 3 is 2.75 bits per heavy atom. The molecule has 1 saturated heterocycles. The van der Waals surface area contributed by atoms with Gasteiger partial charge in [0.25, 0.3) is 5.69 Å². The largest absolute Gasteiger partial charge is 0.396 e. The maximum Gasteiger partial charge on any atom is 0.270 e. The molecule has 86 valence electrons. The van der Waals surface area contributed by atoms with Gasteiger partial charge in [-0.1, -0.05) is 0 Å². The Morgan fingerprint density at radius 2 is 2.25 bits per heavy atom. The van der Waals surface area contributed by atoms with Crippen molar-refractivity contribution in [2.75, 3.05) is 24.6 Å². The molecule has 16 heavy (non-hydrogen) atoms. The molecule has 0 aliphatic carbocycles. The van der Waals surface area contributed by atoms with Crippen LogP contribution in [-0.2, 0) is 0 Å². The predicted molar refractivity (Wildman–Crippen MR) is 68.6 cm³/mol. The summed E-state index contributed by atoms with van der Waals surface area (Å²) in [6.07, 6.45) is 0. The van der Waals surface area contributed by atoms with Crippen molar-refractivity contribution in [3.8, 4) is 0 Å². The van der Waals surface area contributed by atoms with E-state index in [2.05, 4.69) is 27.5 Å². The van der Waals surface area contributed by atoms with Crippen LogP contribution >= 0.6 is 22.6 Å². The van der Waals surface area contributed by atoms with Gasteiger partial charge in [-0.3, -0.25) is 10.1 Å². The second-order valence-corrected chi connectivity index (χ2v) is 5.01. The highest BCUT2D eigenvalue weighted by molar-refractivity contribution is 14.1. The van der Waals surface area contributed by atoms with Crippen molar-refractivity contribution in [3.63, 3.8) is 0 Å². The zero-order valence-corrected chi connectivity index (χ0v) is 10.6. The van der Waals surface area contributed by atoms with Gasteiger partial charge in [0.2, 0.25) is 0 Å². The van der Waals surface area contributed by atoms with E-state index < -0.39 is 4.92 Å². The number of nitro benzene ring substituents is 1. The third kappa shape index (κ3) is 2.12. The molecule has 0 saturated carbocycles. The average Bonchev–Trinajstić information content (AvgIpc) is 2.18. The summed E-state index contributed by atoms with van der Waals surface area (Å²) in [7, 11) is 0. The van der Waals surface area contributed by atoms with Crippen LogP contribution in [0, 0.1) is 19.6 Å². The Bertz CT molecular complexity index is 419. The molecule has 5 nitrogen and oxygen atoms in total. The van der Waals surface area contributed by atoms with Crippen molar-refractivity contribution in [1.29, 1.82) is 0 Å². The van der Waals surface area contributed by atoms with Crippen LogP contribution in [0.15, 0.2) is 18.2 Å².